The first-order chi connectivity index (χ1) is 14.7. The van der Waals surface area contributed by atoms with Crippen molar-refractivity contribution in [3.63, 3.8) is 0 Å². The van der Waals surface area contributed by atoms with Crippen molar-refractivity contribution in [3.8, 4) is 11.4 Å². The van der Waals surface area contributed by atoms with E-state index in [1.165, 1.54) is 17.5 Å². The van der Waals surface area contributed by atoms with Gasteiger partial charge in [0.15, 0.2) is 0 Å². The largest absolute Gasteiger partial charge is 0.464 e. The van der Waals surface area contributed by atoms with Crippen LogP contribution in [0.5, 0.6) is 0 Å². The number of hydrogen-bond donors (Lipinski definition) is 1. The monoisotopic (exact) mass is 401 g/mol. The lowest BCUT2D eigenvalue weighted by molar-refractivity contribution is -0.120. The number of benzene rings is 2. The van der Waals surface area contributed by atoms with Crippen molar-refractivity contribution in [2.75, 3.05) is 6.54 Å². The Morgan fingerprint density at radius 3 is 2.80 bits per heavy atom. The van der Waals surface area contributed by atoms with Gasteiger partial charge in [-0.2, -0.15) is 4.98 Å². The average molecular weight is 401 g/mol. The summed E-state index contributed by atoms with van der Waals surface area (Å²) in [5.74, 6) is 0.941. The van der Waals surface area contributed by atoms with Crippen molar-refractivity contribution in [2.24, 2.45) is 0 Å². The summed E-state index contributed by atoms with van der Waals surface area (Å²) in [6.07, 6.45) is 5.40. The summed E-state index contributed by atoms with van der Waals surface area (Å²) in [7, 11) is 0. The first kappa shape index (κ1) is 18.6. The van der Waals surface area contributed by atoms with Crippen LogP contribution in [0.1, 0.15) is 41.8 Å². The molecule has 0 bridgehead atoms. The third kappa shape index (κ3) is 3.61. The highest BCUT2D eigenvalue weighted by atomic mass is 16.5. The molecule has 0 radical (unpaired) electrons. The van der Waals surface area contributed by atoms with E-state index in [4.69, 9.17) is 8.94 Å². The van der Waals surface area contributed by atoms with Gasteiger partial charge in [0.2, 0.25) is 17.6 Å². The van der Waals surface area contributed by atoms with E-state index in [2.05, 4.69) is 27.6 Å². The Hall–Kier alpha value is -3.41. The maximum atomic E-state index is 12.5. The molecule has 2 aromatic carbocycles. The summed E-state index contributed by atoms with van der Waals surface area (Å²) in [5, 5.41) is 8.07. The molecule has 5 rings (SSSR count). The second-order valence-corrected chi connectivity index (χ2v) is 7.94. The molecule has 0 unspecified atom stereocenters. The zero-order chi connectivity index (χ0) is 20.5. The number of rotatable bonds is 6. The second kappa shape index (κ2) is 7.78. The van der Waals surface area contributed by atoms with Gasteiger partial charge in [-0.25, -0.2) is 0 Å². The van der Waals surface area contributed by atoms with E-state index in [0.717, 1.165) is 34.9 Å². The van der Waals surface area contributed by atoms with Gasteiger partial charge in [0.25, 0.3) is 0 Å². The molecule has 1 atom stereocenters. The fraction of sp³-hybridized carbons (Fsp3) is 0.292. The maximum Gasteiger partial charge on any atom is 0.231 e. The number of amides is 1. The van der Waals surface area contributed by atoms with Gasteiger partial charge in [0.1, 0.15) is 5.58 Å². The molecule has 0 fully saturated rings. The molecular formula is C24H23N3O3. The number of carbonyl (C=O) groups is 1. The molecule has 1 N–H and O–H groups in total. The highest BCUT2D eigenvalue weighted by molar-refractivity contribution is 5.88. The smallest absolute Gasteiger partial charge is 0.231 e. The quantitative estimate of drug-likeness (QED) is 0.517. The van der Waals surface area contributed by atoms with Gasteiger partial charge < -0.3 is 14.3 Å². The van der Waals surface area contributed by atoms with E-state index in [9.17, 15) is 4.79 Å². The Balaban J connectivity index is 1.21. The molecule has 0 spiro atoms. The van der Waals surface area contributed by atoms with Crippen LogP contribution in [0.15, 0.2) is 57.7 Å². The van der Waals surface area contributed by atoms with E-state index in [-0.39, 0.29) is 18.2 Å². The first-order valence-electron chi connectivity index (χ1n) is 10.3. The lowest BCUT2D eigenvalue weighted by atomic mass is 10.0. The van der Waals surface area contributed by atoms with Crippen LogP contribution >= 0.6 is 0 Å². The summed E-state index contributed by atoms with van der Waals surface area (Å²) in [6, 6.07) is 14.0. The van der Waals surface area contributed by atoms with Gasteiger partial charge in [-0.3, -0.25) is 4.79 Å². The van der Waals surface area contributed by atoms with E-state index in [1.54, 1.807) is 6.26 Å². The fourth-order valence-electron chi connectivity index (χ4n) is 4.01. The molecule has 0 saturated heterocycles. The van der Waals surface area contributed by atoms with Crippen LogP contribution in [0.2, 0.25) is 0 Å². The van der Waals surface area contributed by atoms with Crippen molar-refractivity contribution in [1.29, 1.82) is 0 Å². The Kier molecular flexibility index (Phi) is 4.83. The summed E-state index contributed by atoms with van der Waals surface area (Å²) in [4.78, 5) is 17.0. The molecule has 2 heterocycles. The van der Waals surface area contributed by atoms with Crippen molar-refractivity contribution in [1.82, 2.24) is 15.5 Å². The van der Waals surface area contributed by atoms with E-state index in [1.807, 2.05) is 37.3 Å². The number of carbonyl (C=O) groups excluding carboxylic acids is 1. The molecule has 2 aromatic heterocycles. The third-order valence-corrected chi connectivity index (χ3v) is 5.72. The predicted molar refractivity (Wildman–Crippen MR) is 113 cm³/mol. The number of nitrogens with one attached hydrogen (secondary N) is 1. The van der Waals surface area contributed by atoms with Crippen LogP contribution in [0.25, 0.3) is 22.4 Å². The SMILES string of the molecule is C[C@@H](CNC(=O)Cc1coc2cc3c(cc12)CCC3)c1nc(-c2ccccc2)no1. The molecular weight excluding hydrogens is 378 g/mol. The fourth-order valence-corrected chi connectivity index (χ4v) is 4.01. The van der Waals surface area contributed by atoms with Gasteiger partial charge in [-0.05, 0) is 42.5 Å². The highest BCUT2D eigenvalue weighted by Gasteiger charge is 2.19. The minimum Gasteiger partial charge on any atom is -0.464 e. The molecule has 6 heteroatoms. The molecule has 152 valence electrons. The van der Waals surface area contributed by atoms with Crippen LogP contribution in [0, 0.1) is 0 Å². The number of aromatic nitrogens is 2. The number of fused-ring (bicyclic) bond motifs is 2. The summed E-state index contributed by atoms with van der Waals surface area (Å²) in [5.41, 5.74) is 5.45. The number of nitrogens with zero attached hydrogens (tertiary/aromatic N) is 2. The normalized spacial score (nSPS) is 14.0. The Morgan fingerprint density at radius 1 is 1.17 bits per heavy atom. The van der Waals surface area contributed by atoms with Gasteiger partial charge in [-0.1, -0.05) is 42.4 Å². The van der Waals surface area contributed by atoms with Crippen molar-refractivity contribution < 1.29 is 13.7 Å². The van der Waals surface area contributed by atoms with Crippen LogP contribution in [0.3, 0.4) is 0 Å². The van der Waals surface area contributed by atoms with Gasteiger partial charge in [-0.15, -0.1) is 0 Å². The summed E-state index contributed by atoms with van der Waals surface area (Å²) >= 11 is 0. The molecule has 30 heavy (non-hydrogen) atoms. The van der Waals surface area contributed by atoms with Crippen molar-refractivity contribution in [3.05, 3.63) is 71.3 Å². The van der Waals surface area contributed by atoms with Gasteiger partial charge in [0.05, 0.1) is 18.6 Å². The number of furan rings is 1. The predicted octanol–water partition coefficient (Wildman–Crippen LogP) is 4.43. The van der Waals surface area contributed by atoms with Crippen molar-refractivity contribution >= 4 is 16.9 Å². The van der Waals surface area contributed by atoms with E-state index in [0.29, 0.717) is 18.3 Å². The van der Waals surface area contributed by atoms with E-state index < -0.39 is 0 Å². The lowest BCUT2D eigenvalue weighted by Crippen LogP contribution is -2.28. The minimum atomic E-state index is -0.0803. The van der Waals surface area contributed by atoms with Crippen LogP contribution in [0.4, 0.5) is 0 Å². The Bertz CT molecular complexity index is 1190. The number of hydrogen-bond acceptors (Lipinski definition) is 5. The average Bonchev–Trinajstić information content (AvgIpc) is 3.51. The van der Waals surface area contributed by atoms with E-state index >= 15 is 0 Å². The van der Waals surface area contributed by atoms with Crippen LogP contribution < -0.4 is 5.32 Å². The summed E-state index contributed by atoms with van der Waals surface area (Å²) in [6.45, 7) is 2.39. The number of aryl methyl sites for hydroxylation is 2. The molecule has 1 aliphatic carbocycles. The van der Waals surface area contributed by atoms with Crippen LogP contribution in [-0.4, -0.2) is 22.6 Å². The van der Waals surface area contributed by atoms with Crippen molar-refractivity contribution in [2.45, 2.75) is 38.5 Å². The van der Waals surface area contributed by atoms with Gasteiger partial charge >= 0.3 is 0 Å². The molecule has 4 aromatic rings. The lowest BCUT2D eigenvalue weighted by Gasteiger charge is -2.08. The highest BCUT2D eigenvalue weighted by Crippen LogP contribution is 2.30. The Morgan fingerprint density at radius 2 is 1.97 bits per heavy atom. The standard InChI is InChI=1S/C24H23N3O3/c1-15(24-26-23(27-30-24)16-6-3-2-4-7-16)13-25-22(28)12-19-14-29-21-11-18-9-5-8-17(18)10-20(19)21/h2-4,6-7,10-11,14-15H,5,8-9,12-13H2,1H3,(H,25,28)/t15-/m0/s1. The topological polar surface area (TPSA) is 81.2 Å². The molecule has 1 amide bonds. The third-order valence-electron chi connectivity index (χ3n) is 5.72. The second-order valence-electron chi connectivity index (χ2n) is 7.94. The zero-order valence-electron chi connectivity index (χ0n) is 16.9. The maximum absolute atomic E-state index is 12.5. The molecule has 0 aliphatic heterocycles. The minimum absolute atomic E-state index is 0.0483. The Labute approximate surface area is 174 Å². The zero-order valence-corrected chi connectivity index (χ0v) is 16.9. The summed E-state index contributed by atoms with van der Waals surface area (Å²) < 4.78 is 11.1. The molecule has 1 aliphatic rings. The van der Waals surface area contributed by atoms with Gasteiger partial charge in [0, 0.05) is 23.1 Å². The molecule has 6 nitrogen and oxygen atoms in total. The molecule has 0 saturated carbocycles. The first-order valence-corrected chi connectivity index (χ1v) is 10.3. The van der Waals surface area contributed by atoms with Crippen LogP contribution in [-0.2, 0) is 24.1 Å².